The van der Waals surface area contributed by atoms with E-state index in [2.05, 4.69) is 126 Å². The molecule has 43 heavy (non-hydrogen) atoms. The van der Waals surface area contributed by atoms with Gasteiger partial charge in [0.2, 0.25) is 0 Å². The highest BCUT2D eigenvalue weighted by atomic mass is 14.6. The molecule has 2 heterocycles. The summed E-state index contributed by atoms with van der Waals surface area (Å²) in [4.78, 5) is 8.83. The Hall–Kier alpha value is -4.82. The van der Waals surface area contributed by atoms with E-state index in [0.29, 0.717) is 11.8 Å². The molecule has 0 amide bonds. The Morgan fingerprint density at radius 3 is 2.23 bits per heavy atom. The maximum absolute atomic E-state index is 4.65. The van der Waals surface area contributed by atoms with E-state index in [1.165, 1.54) is 55.0 Å². The predicted molar refractivity (Wildman–Crippen MR) is 177 cm³/mol. The second-order valence-electron chi connectivity index (χ2n) is 12.2. The van der Waals surface area contributed by atoms with Crippen molar-refractivity contribution in [3.63, 3.8) is 0 Å². The fourth-order valence-electron chi connectivity index (χ4n) is 7.55. The molecule has 0 saturated carbocycles. The van der Waals surface area contributed by atoms with E-state index in [1.807, 2.05) is 24.8 Å². The summed E-state index contributed by atoms with van der Waals surface area (Å²) in [5.74, 6) is 0.923. The van der Waals surface area contributed by atoms with E-state index in [0.717, 1.165) is 30.4 Å². The Kier molecular flexibility index (Phi) is 6.48. The first-order chi connectivity index (χ1) is 21.2. The molecule has 2 heteroatoms. The van der Waals surface area contributed by atoms with Gasteiger partial charge in [0.05, 0.1) is 0 Å². The summed E-state index contributed by atoms with van der Waals surface area (Å²) in [6.07, 6.45) is 29.6. The molecule has 8 rings (SSSR count). The van der Waals surface area contributed by atoms with Crippen molar-refractivity contribution in [1.82, 2.24) is 9.97 Å². The molecule has 4 aliphatic carbocycles. The number of aromatic nitrogens is 2. The van der Waals surface area contributed by atoms with Crippen LogP contribution in [0.2, 0.25) is 0 Å². The van der Waals surface area contributed by atoms with E-state index in [-0.39, 0.29) is 5.92 Å². The molecule has 0 N–H and O–H groups in total. The van der Waals surface area contributed by atoms with Crippen molar-refractivity contribution in [2.75, 3.05) is 0 Å². The Morgan fingerprint density at radius 2 is 1.44 bits per heavy atom. The Balaban J connectivity index is 1.24. The zero-order chi connectivity index (χ0) is 28.8. The lowest BCUT2D eigenvalue weighted by molar-refractivity contribution is 0.669. The van der Waals surface area contributed by atoms with Gasteiger partial charge in [0.25, 0.3) is 0 Å². The van der Waals surface area contributed by atoms with Crippen LogP contribution in [-0.2, 0) is 6.42 Å². The number of hydrogen-bond acceptors (Lipinski definition) is 2. The van der Waals surface area contributed by atoms with Crippen molar-refractivity contribution in [2.24, 2.45) is 11.8 Å². The molecule has 0 bridgehead atoms. The third-order valence-corrected chi connectivity index (χ3v) is 9.57. The van der Waals surface area contributed by atoms with Gasteiger partial charge >= 0.3 is 0 Å². The molecule has 0 aliphatic heterocycles. The topological polar surface area (TPSA) is 25.8 Å². The molecule has 0 fully saturated rings. The number of pyridine rings is 2. The van der Waals surface area contributed by atoms with Crippen molar-refractivity contribution >= 4 is 17.2 Å². The van der Waals surface area contributed by atoms with Gasteiger partial charge in [-0.2, -0.15) is 0 Å². The summed E-state index contributed by atoms with van der Waals surface area (Å²) < 4.78 is 0. The lowest BCUT2D eigenvalue weighted by atomic mass is 9.67. The highest BCUT2D eigenvalue weighted by molar-refractivity contribution is 5.85. The first kappa shape index (κ1) is 25.9. The van der Waals surface area contributed by atoms with Crippen molar-refractivity contribution in [2.45, 2.75) is 32.1 Å². The molecule has 0 saturated heterocycles. The molecular formula is C41H34N2. The monoisotopic (exact) mass is 554 g/mol. The summed E-state index contributed by atoms with van der Waals surface area (Å²) in [7, 11) is 0. The van der Waals surface area contributed by atoms with Gasteiger partial charge in [-0.25, -0.2) is 0 Å². The van der Waals surface area contributed by atoms with Crippen LogP contribution < -0.4 is 10.4 Å². The van der Waals surface area contributed by atoms with Gasteiger partial charge in [-0.1, -0.05) is 96.6 Å². The zero-order valence-corrected chi connectivity index (χ0v) is 24.4. The van der Waals surface area contributed by atoms with Crippen LogP contribution in [-0.4, -0.2) is 9.97 Å². The lowest BCUT2D eigenvalue weighted by Gasteiger charge is -2.36. The quantitative estimate of drug-likeness (QED) is 0.257. The average molecular weight is 555 g/mol. The summed E-state index contributed by atoms with van der Waals surface area (Å²) in [6.45, 7) is 2.20. The zero-order valence-electron chi connectivity index (χ0n) is 24.4. The molecular weight excluding hydrogens is 520 g/mol. The predicted octanol–water partition coefficient (Wildman–Crippen LogP) is 7.83. The molecule has 4 aromatic rings. The summed E-state index contributed by atoms with van der Waals surface area (Å²) in [6, 6.07) is 22.5. The Labute approximate surface area is 253 Å². The third kappa shape index (κ3) is 4.68. The van der Waals surface area contributed by atoms with E-state index in [9.17, 15) is 0 Å². The van der Waals surface area contributed by atoms with Gasteiger partial charge in [0.1, 0.15) is 0 Å². The third-order valence-electron chi connectivity index (χ3n) is 9.57. The van der Waals surface area contributed by atoms with Crippen molar-refractivity contribution in [3.05, 3.63) is 172 Å². The fraction of sp³-hybridized carbons (Fsp3) is 0.171. The van der Waals surface area contributed by atoms with Gasteiger partial charge in [-0.05, 0) is 99.4 Å². The fourth-order valence-corrected chi connectivity index (χ4v) is 7.55. The Bertz CT molecular complexity index is 2020. The highest BCUT2D eigenvalue weighted by Crippen LogP contribution is 2.45. The molecule has 4 aliphatic rings. The van der Waals surface area contributed by atoms with E-state index in [4.69, 9.17) is 0 Å². The van der Waals surface area contributed by atoms with E-state index in [1.54, 1.807) is 0 Å². The number of aryl methyl sites for hydroxylation is 2. The van der Waals surface area contributed by atoms with E-state index < -0.39 is 0 Å². The van der Waals surface area contributed by atoms with Crippen molar-refractivity contribution < 1.29 is 0 Å². The molecule has 2 aromatic carbocycles. The van der Waals surface area contributed by atoms with E-state index >= 15 is 0 Å². The van der Waals surface area contributed by atoms with Crippen LogP contribution in [0.25, 0.3) is 28.3 Å². The molecule has 3 unspecified atom stereocenters. The first-order valence-electron chi connectivity index (χ1n) is 15.4. The second kappa shape index (κ2) is 10.8. The van der Waals surface area contributed by atoms with Crippen LogP contribution in [0.15, 0.2) is 139 Å². The smallest absolute Gasteiger partial charge is 0.0346 e. The maximum Gasteiger partial charge on any atom is 0.0346 e. The normalized spacial score (nSPS) is 21.9. The van der Waals surface area contributed by atoms with Gasteiger partial charge in [0.15, 0.2) is 0 Å². The van der Waals surface area contributed by atoms with Gasteiger partial charge in [0, 0.05) is 48.1 Å². The van der Waals surface area contributed by atoms with Gasteiger partial charge < -0.3 is 0 Å². The molecule has 2 aromatic heterocycles. The van der Waals surface area contributed by atoms with Crippen LogP contribution in [0.4, 0.5) is 0 Å². The average Bonchev–Trinajstić information content (AvgIpc) is 3.07. The van der Waals surface area contributed by atoms with Crippen molar-refractivity contribution in [1.29, 1.82) is 0 Å². The molecule has 208 valence electrons. The number of benzene rings is 2. The summed E-state index contributed by atoms with van der Waals surface area (Å²) in [5.41, 5.74) is 13.7. The minimum Gasteiger partial charge on any atom is -0.265 e. The lowest BCUT2D eigenvalue weighted by Crippen LogP contribution is -2.41. The molecule has 2 nitrogen and oxygen atoms in total. The van der Waals surface area contributed by atoms with Crippen LogP contribution >= 0.6 is 0 Å². The SMILES string of the molecule is Cc1ccc2c(c1)CCC(C1=c3ccccc3=C(C3=CC=CC(c4cncc(-c5ccncc5)c4)C3)C3C=CC=CC13)=C2. The minimum absolute atomic E-state index is 0.280. The van der Waals surface area contributed by atoms with Crippen LogP contribution in [0.3, 0.4) is 0 Å². The van der Waals surface area contributed by atoms with Gasteiger partial charge in [-0.3, -0.25) is 9.97 Å². The number of hydrogen-bond donors (Lipinski definition) is 0. The number of nitrogens with zero attached hydrogens (tertiary/aromatic N) is 2. The highest BCUT2D eigenvalue weighted by Gasteiger charge is 2.34. The minimum atomic E-state index is 0.280. The molecule has 0 radical (unpaired) electrons. The molecule has 0 spiro atoms. The Morgan fingerprint density at radius 1 is 0.674 bits per heavy atom. The van der Waals surface area contributed by atoms with Crippen molar-refractivity contribution in [3.8, 4) is 11.1 Å². The van der Waals surface area contributed by atoms with Crippen LogP contribution in [0.5, 0.6) is 0 Å². The standard InChI is InChI=1S/C41H34N2/c1-27-13-14-31-23-33(16-15-30(31)21-27)41-38-11-4-2-9-36(38)40(37-10-3-5-12-39(37)41)32-8-6-7-29(22-32)35-24-34(25-43-26-35)28-17-19-42-20-18-28/h2-14,17-21,23-26,29,36,38H,15-16,22H2,1H3. The maximum atomic E-state index is 4.65. The summed E-state index contributed by atoms with van der Waals surface area (Å²) >= 11 is 0. The number of allylic oxidation sites excluding steroid dienone is 9. The number of fused-ring (bicyclic) bond motifs is 3. The van der Waals surface area contributed by atoms with Crippen LogP contribution in [0, 0.1) is 18.8 Å². The first-order valence-corrected chi connectivity index (χ1v) is 15.4. The summed E-state index contributed by atoms with van der Waals surface area (Å²) in [5, 5.41) is 2.78. The molecule has 3 atom stereocenters. The second-order valence-corrected chi connectivity index (χ2v) is 12.2. The van der Waals surface area contributed by atoms with Gasteiger partial charge in [-0.15, -0.1) is 0 Å². The number of rotatable bonds is 4. The van der Waals surface area contributed by atoms with Crippen LogP contribution in [0.1, 0.15) is 41.0 Å². The largest absolute Gasteiger partial charge is 0.265 e.